The van der Waals surface area contributed by atoms with Crippen LogP contribution >= 0.6 is 0 Å². The summed E-state index contributed by atoms with van der Waals surface area (Å²) in [4.78, 5) is 12.0. The lowest BCUT2D eigenvalue weighted by Crippen LogP contribution is -2.47. The summed E-state index contributed by atoms with van der Waals surface area (Å²) in [5.74, 6) is 0.939. The molecule has 0 radical (unpaired) electrons. The van der Waals surface area contributed by atoms with Crippen molar-refractivity contribution in [3.8, 4) is 5.75 Å². The van der Waals surface area contributed by atoms with Crippen molar-refractivity contribution < 1.29 is 27.6 Å². The summed E-state index contributed by atoms with van der Waals surface area (Å²) in [6.45, 7) is 3.37. The number of hydrogen-bond donors (Lipinski definition) is 2. The minimum absolute atomic E-state index is 0.00321. The van der Waals surface area contributed by atoms with Gasteiger partial charge in [0.2, 0.25) is 5.91 Å². The normalized spacial score (nSPS) is 38.7. The monoisotopic (exact) mass is 435 g/mol. The Morgan fingerprint density at radius 1 is 1.30 bits per heavy atom. The van der Waals surface area contributed by atoms with Gasteiger partial charge in [-0.25, -0.2) is 0 Å². The number of hydrogen-bond acceptors (Lipinski definition) is 5. The summed E-state index contributed by atoms with van der Waals surface area (Å²) >= 11 is 0. The average Bonchev–Trinajstić information content (AvgIpc) is 3.32. The van der Waals surface area contributed by atoms with Crippen LogP contribution in [0.3, 0.4) is 0 Å². The van der Waals surface area contributed by atoms with Crippen LogP contribution in [0.5, 0.6) is 5.75 Å². The predicted molar refractivity (Wildman–Crippen MR) is 111 cm³/mol. The number of nitrogens with zero attached hydrogens (tertiary/aromatic N) is 1. The Morgan fingerprint density at radius 2 is 2.03 bits per heavy atom. The molecule has 164 valence electrons. The number of aryl methyl sites for hydroxylation is 1. The molecular formula is C22H29NO6S. The summed E-state index contributed by atoms with van der Waals surface area (Å²) in [6, 6.07) is 3.56. The van der Waals surface area contributed by atoms with Crippen LogP contribution in [0.4, 0.5) is 5.69 Å². The maximum atomic E-state index is 12.0. The second-order valence-electron chi connectivity index (χ2n) is 9.88. The number of carbonyl (C=O) groups excluding carboxylic acids is 1. The van der Waals surface area contributed by atoms with Crippen LogP contribution in [0.25, 0.3) is 0 Å². The Balaban J connectivity index is 1.58. The maximum Gasteiger partial charge on any atom is 0.366 e. The smallest absolute Gasteiger partial charge is 0.366 e. The van der Waals surface area contributed by atoms with Crippen molar-refractivity contribution in [2.24, 2.45) is 22.7 Å². The molecule has 4 aliphatic carbocycles. The SMILES string of the molecule is COc1cc2c(cc1N(C(C)=O)S(=O)(=O)O)CC[C@@H]1[C@@H]2CC[C@]2(C)[C@H](O)C[C@@H]3C[C@]312. The van der Waals surface area contributed by atoms with E-state index in [2.05, 4.69) is 6.92 Å². The number of aliphatic hydroxyl groups excluding tert-OH is 1. The molecule has 0 aromatic heterocycles. The van der Waals surface area contributed by atoms with E-state index >= 15 is 0 Å². The highest BCUT2D eigenvalue weighted by atomic mass is 32.2. The van der Waals surface area contributed by atoms with Crippen molar-refractivity contribution in [1.82, 2.24) is 0 Å². The molecule has 8 heteroatoms. The number of methoxy groups -OCH3 is 1. The molecule has 0 aliphatic heterocycles. The molecule has 6 atom stereocenters. The number of benzene rings is 1. The van der Waals surface area contributed by atoms with Crippen molar-refractivity contribution in [2.75, 3.05) is 11.4 Å². The Morgan fingerprint density at radius 3 is 2.67 bits per heavy atom. The molecule has 0 heterocycles. The van der Waals surface area contributed by atoms with Gasteiger partial charge in [0.15, 0.2) is 0 Å². The van der Waals surface area contributed by atoms with Crippen LogP contribution in [0.2, 0.25) is 0 Å². The van der Waals surface area contributed by atoms with Crippen molar-refractivity contribution >= 4 is 21.9 Å². The van der Waals surface area contributed by atoms with E-state index < -0.39 is 16.2 Å². The Hall–Kier alpha value is -1.64. The molecular weight excluding hydrogens is 406 g/mol. The molecule has 1 aromatic rings. The van der Waals surface area contributed by atoms with Crippen molar-refractivity contribution in [3.63, 3.8) is 0 Å². The maximum absolute atomic E-state index is 12.0. The van der Waals surface area contributed by atoms with Crippen molar-refractivity contribution in [2.45, 2.75) is 64.4 Å². The minimum atomic E-state index is -4.75. The summed E-state index contributed by atoms with van der Waals surface area (Å²) in [5, 5.41) is 10.7. The number of rotatable bonds is 3. The molecule has 2 N–H and O–H groups in total. The quantitative estimate of drug-likeness (QED) is 0.707. The second kappa shape index (κ2) is 6.20. The van der Waals surface area contributed by atoms with Crippen LogP contribution in [-0.2, 0) is 21.5 Å². The number of fused-ring (bicyclic) bond motifs is 3. The molecule has 7 nitrogen and oxygen atoms in total. The highest BCUT2D eigenvalue weighted by molar-refractivity contribution is 7.88. The van der Waals surface area contributed by atoms with Crippen LogP contribution in [-0.4, -0.2) is 37.2 Å². The van der Waals surface area contributed by atoms with E-state index in [-0.39, 0.29) is 28.4 Å². The Labute approximate surface area is 177 Å². The fourth-order valence-corrected chi connectivity index (χ4v) is 8.30. The third-order valence-electron chi connectivity index (χ3n) is 8.88. The fraction of sp³-hybridized carbons (Fsp3) is 0.682. The van der Waals surface area contributed by atoms with Gasteiger partial charge in [-0.3, -0.25) is 9.35 Å². The van der Waals surface area contributed by atoms with E-state index in [1.165, 1.54) is 13.5 Å². The average molecular weight is 436 g/mol. The molecule has 0 saturated heterocycles. The summed E-state index contributed by atoms with van der Waals surface area (Å²) < 4.78 is 39.2. The second-order valence-corrected chi connectivity index (χ2v) is 11.1. The number of ether oxygens (including phenoxy) is 1. The first kappa shape index (κ1) is 20.3. The van der Waals surface area contributed by atoms with Gasteiger partial charge in [0.25, 0.3) is 0 Å². The molecule has 0 unspecified atom stereocenters. The van der Waals surface area contributed by atoms with Gasteiger partial charge in [0, 0.05) is 6.92 Å². The molecule has 1 amide bonds. The summed E-state index contributed by atoms with van der Waals surface area (Å²) in [5.41, 5.74) is 2.45. The molecule has 3 saturated carbocycles. The van der Waals surface area contributed by atoms with E-state index in [1.807, 2.05) is 6.07 Å². The van der Waals surface area contributed by atoms with Gasteiger partial charge in [-0.2, -0.15) is 12.7 Å². The van der Waals surface area contributed by atoms with E-state index in [0.29, 0.717) is 22.1 Å². The molecule has 5 rings (SSSR count). The summed E-state index contributed by atoms with van der Waals surface area (Å²) in [7, 11) is -3.31. The molecule has 1 spiro atoms. The first-order valence-corrected chi connectivity index (χ1v) is 12.1. The van der Waals surface area contributed by atoms with Crippen molar-refractivity contribution in [3.05, 3.63) is 23.3 Å². The third-order valence-corrected chi connectivity index (χ3v) is 9.80. The van der Waals surface area contributed by atoms with Crippen molar-refractivity contribution in [1.29, 1.82) is 0 Å². The molecule has 1 aromatic carbocycles. The van der Waals surface area contributed by atoms with Gasteiger partial charge < -0.3 is 9.84 Å². The van der Waals surface area contributed by atoms with Gasteiger partial charge >= 0.3 is 10.3 Å². The summed E-state index contributed by atoms with van der Waals surface area (Å²) in [6.07, 6.45) is 5.65. The number of carbonyl (C=O) groups is 1. The lowest BCUT2D eigenvalue weighted by atomic mass is 9.52. The zero-order chi connectivity index (χ0) is 21.6. The Kier molecular flexibility index (Phi) is 4.19. The van der Waals surface area contributed by atoms with Crippen LogP contribution < -0.4 is 9.04 Å². The lowest BCUT2D eigenvalue weighted by Gasteiger charge is -2.52. The number of amides is 1. The van der Waals surface area contributed by atoms with E-state index in [9.17, 15) is 22.9 Å². The Bertz CT molecular complexity index is 1040. The number of anilines is 1. The first-order chi connectivity index (χ1) is 14.0. The number of aliphatic hydroxyl groups is 1. The van der Waals surface area contributed by atoms with E-state index in [1.54, 1.807) is 6.07 Å². The minimum Gasteiger partial charge on any atom is -0.495 e. The molecule has 3 fully saturated rings. The van der Waals surface area contributed by atoms with E-state index in [0.717, 1.165) is 50.2 Å². The molecule has 0 bridgehead atoms. The zero-order valence-corrected chi connectivity index (χ0v) is 18.4. The molecule has 30 heavy (non-hydrogen) atoms. The zero-order valence-electron chi connectivity index (χ0n) is 17.6. The van der Waals surface area contributed by atoms with Crippen LogP contribution in [0.15, 0.2) is 12.1 Å². The van der Waals surface area contributed by atoms with Crippen LogP contribution in [0, 0.1) is 22.7 Å². The van der Waals surface area contributed by atoms with Crippen LogP contribution in [0.1, 0.15) is 63.0 Å². The van der Waals surface area contributed by atoms with Gasteiger partial charge in [-0.1, -0.05) is 6.92 Å². The van der Waals surface area contributed by atoms with E-state index in [4.69, 9.17) is 4.74 Å². The highest BCUT2D eigenvalue weighted by Crippen LogP contribution is 2.81. The van der Waals surface area contributed by atoms with Gasteiger partial charge in [0.05, 0.1) is 13.2 Å². The lowest BCUT2D eigenvalue weighted by molar-refractivity contribution is -0.115. The first-order valence-electron chi connectivity index (χ1n) is 10.7. The van der Waals surface area contributed by atoms with Gasteiger partial charge in [-0.05, 0) is 90.4 Å². The fourth-order valence-electron chi connectivity index (χ4n) is 7.58. The standard InChI is InChI=1S/C22H29NO6S/c1-12(24)23(30(26,27)28)18-8-13-4-5-17-15(16(13)10-19(18)29-3)6-7-21(2)20(25)9-14-11-22(14,17)21/h8,10,14-15,17,20,25H,4-7,9,11H2,1-3H3,(H,26,27,28)/t14-,15-,17-,20-,21-,22+/m1/s1. The topological polar surface area (TPSA) is 104 Å². The third kappa shape index (κ3) is 2.44. The largest absolute Gasteiger partial charge is 0.495 e. The predicted octanol–water partition coefficient (Wildman–Crippen LogP) is 3.07. The van der Waals surface area contributed by atoms with Gasteiger partial charge in [0.1, 0.15) is 11.4 Å². The highest BCUT2D eigenvalue weighted by Gasteiger charge is 2.76. The van der Waals surface area contributed by atoms with Gasteiger partial charge in [-0.15, -0.1) is 0 Å². The molecule has 4 aliphatic rings.